The van der Waals surface area contributed by atoms with Gasteiger partial charge in [0.15, 0.2) is 0 Å². The first-order valence-corrected chi connectivity index (χ1v) is 5.68. The summed E-state index contributed by atoms with van der Waals surface area (Å²) in [5.74, 6) is -0.597. The molecule has 0 bridgehead atoms. The van der Waals surface area contributed by atoms with Gasteiger partial charge in [-0.3, -0.25) is 8.98 Å². The van der Waals surface area contributed by atoms with Crippen molar-refractivity contribution in [1.82, 2.24) is 0 Å². The van der Waals surface area contributed by atoms with Crippen LogP contribution in [-0.4, -0.2) is 32.9 Å². The van der Waals surface area contributed by atoms with Crippen molar-refractivity contribution in [2.45, 2.75) is 25.9 Å². The van der Waals surface area contributed by atoms with Crippen LogP contribution in [0.1, 0.15) is 19.8 Å². The average molecular weight is 208 g/mol. The van der Waals surface area contributed by atoms with Gasteiger partial charge in [0.1, 0.15) is 11.9 Å². The molecule has 0 aromatic carbocycles. The minimum absolute atomic E-state index is 0.101. The van der Waals surface area contributed by atoms with Crippen LogP contribution in [-0.2, 0) is 23.8 Å². The molecule has 1 aliphatic heterocycles. The van der Waals surface area contributed by atoms with Crippen molar-refractivity contribution in [2.75, 3.05) is 12.4 Å². The van der Waals surface area contributed by atoms with Crippen LogP contribution >= 0.6 is 0 Å². The van der Waals surface area contributed by atoms with E-state index in [-0.39, 0.29) is 24.7 Å². The summed E-state index contributed by atoms with van der Waals surface area (Å²) >= 11 is 0. The second-order valence-electron chi connectivity index (χ2n) is 2.80. The van der Waals surface area contributed by atoms with E-state index in [9.17, 15) is 13.2 Å². The lowest BCUT2D eigenvalue weighted by Crippen LogP contribution is -2.33. The Hall–Kier alpha value is -0.620. The second-order valence-corrected chi connectivity index (χ2v) is 4.48. The van der Waals surface area contributed by atoms with E-state index in [2.05, 4.69) is 4.18 Å². The molecule has 0 spiro atoms. The Bertz CT molecular complexity index is 281. The Kier molecular flexibility index (Phi) is 3.27. The van der Waals surface area contributed by atoms with Crippen LogP contribution in [0.4, 0.5) is 0 Å². The minimum atomic E-state index is -3.46. The minimum Gasteiger partial charge on any atom is -0.461 e. The molecule has 5 nitrogen and oxygen atoms in total. The van der Waals surface area contributed by atoms with E-state index in [4.69, 9.17) is 4.74 Å². The molecule has 0 amide bonds. The molecule has 13 heavy (non-hydrogen) atoms. The quantitative estimate of drug-likeness (QED) is 0.474. The van der Waals surface area contributed by atoms with Crippen LogP contribution in [0.2, 0.25) is 0 Å². The summed E-state index contributed by atoms with van der Waals surface area (Å²) in [6, 6.07) is 0. The summed E-state index contributed by atoms with van der Waals surface area (Å²) in [4.78, 5) is 10.8. The van der Waals surface area contributed by atoms with Crippen LogP contribution in [0.5, 0.6) is 0 Å². The number of hydrogen-bond donors (Lipinski definition) is 0. The Labute approximate surface area is 77.1 Å². The zero-order chi connectivity index (χ0) is 9.90. The molecule has 0 aliphatic carbocycles. The largest absolute Gasteiger partial charge is 0.461 e. The highest BCUT2D eigenvalue weighted by atomic mass is 32.2. The molecule has 0 N–H and O–H groups in total. The number of carbonyl (C=O) groups excluding carboxylic acids is 1. The Morgan fingerprint density at radius 3 is 2.85 bits per heavy atom. The van der Waals surface area contributed by atoms with Crippen molar-refractivity contribution in [3.05, 3.63) is 0 Å². The van der Waals surface area contributed by atoms with Gasteiger partial charge >= 0.3 is 5.97 Å². The third-order valence-electron chi connectivity index (χ3n) is 1.68. The molecule has 1 rings (SSSR count). The molecule has 1 aliphatic rings. The van der Waals surface area contributed by atoms with Gasteiger partial charge in [-0.25, -0.2) is 0 Å². The summed E-state index contributed by atoms with van der Waals surface area (Å²) in [6.45, 7) is 1.76. The molecule has 1 saturated heterocycles. The van der Waals surface area contributed by atoms with Crippen molar-refractivity contribution < 1.29 is 22.1 Å². The van der Waals surface area contributed by atoms with E-state index in [0.29, 0.717) is 6.42 Å². The lowest BCUT2D eigenvalue weighted by atomic mass is 10.3. The topological polar surface area (TPSA) is 69.7 Å². The first-order valence-electron chi connectivity index (χ1n) is 4.10. The van der Waals surface area contributed by atoms with Gasteiger partial charge in [0.25, 0.3) is 10.1 Å². The zero-order valence-corrected chi connectivity index (χ0v) is 8.17. The van der Waals surface area contributed by atoms with Gasteiger partial charge in [-0.15, -0.1) is 0 Å². The van der Waals surface area contributed by atoms with Crippen molar-refractivity contribution in [1.29, 1.82) is 0 Å². The van der Waals surface area contributed by atoms with E-state index in [1.807, 2.05) is 0 Å². The fourth-order valence-corrected chi connectivity index (χ4v) is 2.16. The molecule has 76 valence electrons. The van der Waals surface area contributed by atoms with E-state index in [0.717, 1.165) is 0 Å². The first kappa shape index (κ1) is 10.5. The molecule has 6 heteroatoms. The highest BCUT2D eigenvalue weighted by Crippen LogP contribution is 2.13. The fraction of sp³-hybridized carbons (Fsp3) is 0.857. The van der Waals surface area contributed by atoms with Crippen molar-refractivity contribution in [3.63, 3.8) is 0 Å². The number of ether oxygens (including phenoxy) is 1. The van der Waals surface area contributed by atoms with Crippen LogP contribution in [0.25, 0.3) is 0 Å². The van der Waals surface area contributed by atoms with Crippen molar-refractivity contribution >= 4 is 16.1 Å². The van der Waals surface area contributed by atoms with Gasteiger partial charge in [-0.2, -0.15) is 8.42 Å². The highest BCUT2D eigenvalue weighted by molar-refractivity contribution is 7.86. The highest BCUT2D eigenvalue weighted by Gasteiger charge is 2.27. The van der Waals surface area contributed by atoms with Gasteiger partial charge in [0.05, 0.1) is 6.61 Å². The number of esters is 1. The normalized spacial score (nSPS) is 26.7. The number of rotatable bonds is 2. The molecule has 1 heterocycles. The number of carbonyl (C=O) groups is 1. The third-order valence-corrected chi connectivity index (χ3v) is 2.99. The first-order chi connectivity index (χ1) is 6.03. The van der Waals surface area contributed by atoms with Crippen molar-refractivity contribution in [3.8, 4) is 0 Å². The molecule has 1 fully saturated rings. The Balaban J connectivity index is 2.48. The molecule has 0 aromatic heterocycles. The number of hydrogen-bond acceptors (Lipinski definition) is 5. The molecule has 0 radical (unpaired) electrons. The fourth-order valence-electron chi connectivity index (χ4n) is 1.03. The maximum atomic E-state index is 10.9. The van der Waals surface area contributed by atoms with Gasteiger partial charge < -0.3 is 4.74 Å². The van der Waals surface area contributed by atoms with E-state index in [1.54, 1.807) is 6.92 Å². The monoisotopic (exact) mass is 208 g/mol. The predicted molar refractivity (Wildman–Crippen MR) is 44.5 cm³/mol. The molecular weight excluding hydrogens is 196 g/mol. The summed E-state index contributed by atoms with van der Waals surface area (Å²) in [5, 5.41) is 0. The lowest BCUT2D eigenvalue weighted by Gasteiger charge is -2.21. The molecular formula is C7H12O5S. The summed E-state index contributed by atoms with van der Waals surface area (Å²) < 4.78 is 31.2. The van der Waals surface area contributed by atoms with Crippen molar-refractivity contribution in [2.24, 2.45) is 0 Å². The Morgan fingerprint density at radius 1 is 1.62 bits per heavy atom. The van der Waals surface area contributed by atoms with E-state index in [1.165, 1.54) is 0 Å². The molecule has 0 aromatic rings. The third kappa shape index (κ3) is 3.31. The summed E-state index contributed by atoms with van der Waals surface area (Å²) in [6.07, 6.45) is 0.175. The smallest absolute Gasteiger partial charge is 0.305 e. The van der Waals surface area contributed by atoms with Gasteiger partial charge in [0.2, 0.25) is 0 Å². The zero-order valence-electron chi connectivity index (χ0n) is 7.36. The van der Waals surface area contributed by atoms with Gasteiger partial charge in [0, 0.05) is 12.8 Å². The van der Waals surface area contributed by atoms with Crippen LogP contribution in [0, 0.1) is 0 Å². The van der Waals surface area contributed by atoms with Gasteiger partial charge in [-0.1, -0.05) is 6.92 Å². The van der Waals surface area contributed by atoms with Gasteiger partial charge in [-0.05, 0) is 0 Å². The van der Waals surface area contributed by atoms with Crippen LogP contribution in [0.15, 0.2) is 0 Å². The maximum absolute atomic E-state index is 10.9. The summed E-state index contributed by atoms with van der Waals surface area (Å²) in [5.41, 5.74) is 0. The van der Waals surface area contributed by atoms with Crippen LogP contribution in [0.3, 0.4) is 0 Å². The van der Waals surface area contributed by atoms with Crippen LogP contribution < -0.4 is 0 Å². The average Bonchev–Trinajstić information content (AvgIpc) is 2.02. The maximum Gasteiger partial charge on any atom is 0.305 e. The van der Waals surface area contributed by atoms with E-state index < -0.39 is 16.2 Å². The second kappa shape index (κ2) is 4.06. The lowest BCUT2D eigenvalue weighted by molar-refractivity contribution is -0.148. The molecule has 0 saturated carbocycles. The predicted octanol–water partition coefficient (Wildman–Crippen LogP) is 0.0583. The Morgan fingerprint density at radius 2 is 2.31 bits per heavy atom. The molecule has 1 unspecified atom stereocenters. The SMILES string of the molecule is CCC(=O)OC1CCOS(=O)(=O)C1. The van der Waals surface area contributed by atoms with E-state index >= 15 is 0 Å². The molecule has 1 atom stereocenters. The summed E-state index contributed by atoms with van der Waals surface area (Å²) in [7, 11) is -3.46. The standard InChI is InChI=1S/C7H12O5S/c1-2-7(8)12-6-3-4-11-13(9,10)5-6/h6H,2-5H2,1H3.